The number of carbonyl (C=O) groups is 1. The Kier molecular flexibility index (Phi) is 2.62. The molecule has 0 saturated carbocycles. The van der Waals surface area contributed by atoms with E-state index in [4.69, 9.17) is 0 Å². The fourth-order valence-electron chi connectivity index (χ4n) is 3.63. The maximum Gasteiger partial charge on any atom is 0.165 e. The zero-order valence-electron chi connectivity index (χ0n) is 11.4. The van der Waals surface area contributed by atoms with E-state index >= 15 is 0 Å². The Morgan fingerprint density at radius 3 is 2.47 bits per heavy atom. The molecule has 2 heteroatoms. The average molecular weight is 234 g/mol. The van der Waals surface area contributed by atoms with Crippen molar-refractivity contribution in [3.63, 3.8) is 0 Å². The van der Waals surface area contributed by atoms with Crippen molar-refractivity contribution in [2.45, 2.75) is 47.1 Å². The molecule has 2 aliphatic carbocycles. The topological polar surface area (TPSA) is 37.3 Å². The molecule has 3 atom stereocenters. The Morgan fingerprint density at radius 2 is 1.88 bits per heavy atom. The molecule has 0 saturated heterocycles. The summed E-state index contributed by atoms with van der Waals surface area (Å²) in [4.78, 5) is 12.5. The van der Waals surface area contributed by atoms with Gasteiger partial charge in [0.05, 0.1) is 6.10 Å². The number of hydrogen-bond donors (Lipinski definition) is 1. The van der Waals surface area contributed by atoms with Crippen molar-refractivity contribution in [2.24, 2.45) is 16.7 Å². The molecule has 0 unspecified atom stereocenters. The molecule has 0 amide bonds. The van der Waals surface area contributed by atoms with Crippen molar-refractivity contribution in [3.8, 4) is 0 Å². The molecule has 0 aromatic rings. The Morgan fingerprint density at radius 1 is 1.29 bits per heavy atom. The van der Waals surface area contributed by atoms with Crippen molar-refractivity contribution in [2.75, 3.05) is 0 Å². The first-order chi connectivity index (χ1) is 7.70. The summed E-state index contributed by atoms with van der Waals surface area (Å²) in [7, 11) is 0. The third kappa shape index (κ3) is 1.54. The van der Waals surface area contributed by atoms with Crippen molar-refractivity contribution >= 4 is 5.78 Å². The van der Waals surface area contributed by atoms with Crippen molar-refractivity contribution in [1.82, 2.24) is 0 Å². The highest BCUT2D eigenvalue weighted by atomic mass is 16.3. The minimum Gasteiger partial charge on any atom is -0.389 e. The Hall–Kier alpha value is -0.890. The van der Waals surface area contributed by atoms with Crippen LogP contribution in [0.25, 0.3) is 0 Å². The quantitative estimate of drug-likeness (QED) is 0.654. The number of aliphatic hydroxyl groups excluding tert-OH is 1. The summed E-state index contributed by atoms with van der Waals surface area (Å²) in [5.74, 6) is 0.209. The second-order valence-corrected chi connectivity index (χ2v) is 6.39. The van der Waals surface area contributed by atoms with Crippen LogP contribution >= 0.6 is 0 Å². The lowest BCUT2D eigenvalue weighted by atomic mass is 9.50. The SMILES string of the molecule is CC1=CC(C)(C)[C@@]2(C)C(=O)C(C)=C[C@@H](O)[C@H]2C1. The number of carbonyl (C=O) groups excluding carboxylic acids is 1. The highest BCUT2D eigenvalue weighted by Crippen LogP contribution is 2.56. The first kappa shape index (κ1) is 12.6. The minimum absolute atomic E-state index is 0.0127. The van der Waals surface area contributed by atoms with Crippen LogP contribution in [0, 0.1) is 16.7 Å². The minimum atomic E-state index is -0.499. The van der Waals surface area contributed by atoms with Crippen LogP contribution in [0.2, 0.25) is 0 Å². The van der Waals surface area contributed by atoms with E-state index in [2.05, 4.69) is 26.8 Å². The molecule has 0 spiro atoms. The number of Topliss-reactive ketones (excluding diaryl/α,β-unsaturated/α-hetero) is 1. The predicted octanol–water partition coefficient (Wildman–Crippen LogP) is 2.88. The van der Waals surface area contributed by atoms with Crippen molar-refractivity contribution < 1.29 is 9.90 Å². The zero-order valence-corrected chi connectivity index (χ0v) is 11.4. The lowest BCUT2D eigenvalue weighted by Gasteiger charge is -2.53. The monoisotopic (exact) mass is 234 g/mol. The predicted molar refractivity (Wildman–Crippen MR) is 68.5 cm³/mol. The smallest absolute Gasteiger partial charge is 0.165 e. The summed E-state index contributed by atoms with van der Waals surface area (Å²) in [5, 5.41) is 10.3. The summed E-state index contributed by atoms with van der Waals surface area (Å²) in [6.45, 7) is 10.1. The van der Waals surface area contributed by atoms with Gasteiger partial charge in [0.2, 0.25) is 0 Å². The maximum atomic E-state index is 12.5. The summed E-state index contributed by atoms with van der Waals surface area (Å²) in [5.41, 5.74) is 1.30. The van der Waals surface area contributed by atoms with Gasteiger partial charge in [0, 0.05) is 11.3 Å². The molecule has 0 aromatic heterocycles. The van der Waals surface area contributed by atoms with E-state index in [0.29, 0.717) is 5.57 Å². The molecule has 2 rings (SSSR count). The molecular weight excluding hydrogens is 212 g/mol. The van der Waals surface area contributed by atoms with E-state index in [1.54, 1.807) is 6.08 Å². The highest BCUT2D eigenvalue weighted by Gasteiger charge is 2.56. The standard InChI is InChI=1S/C15H22O2/c1-9-6-11-12(16)7-10(2)13(17)15(11,5)14(3,4)8-9/h7-8,11-12,16H,6H2,1-5H3/t11-,12-,15-/m1/s1. The number of allylic oxidation sites excluding steroid dienone is 3. The molecule has 0 aliphatic heterocycles. The first-order valence-electron chi connectivity index (χ1n) is 6.30. The van der Waals surface area contributed by atoms with Gasteiger partial charge in [-0.1, -0.05) is 32.4 Å². The van der Waals surface area contributed by atoms with Crippen LogP contribution in [0.3, 0.4) is 0 Å². The fourth-order valence-corrected chi connectivity index (χ4v) is 3.63. The molecule has 0 radical (unpaired) electrons. The van der Waals surface area contributed by atoms with E-state index in [0.717, 1.165) is 6.42 Å². The fraction of sp³-hybridized carbons (Fsp3) is 0.667. The Bertz CT molecular complexity index is 428. The van der Waals surface area contributed by atoms with Gasteiger partial charge in [-0.3, -0.25) is 4.79 Å². The van der Waals surface area contributed by atoms with E-state index in [-0.39, 0.29) is 17.1 Å². The number of rotatable bonds is 0. The second-order valence-electron chi connectivity index (χ2n) is 6.39. The average Bonchev–Trinajstić information content (AvgIpc) is 2.19. The molecule has 17 heavy (non-hydrogen) atoms. The van der Waals surface area contributed by atoms with Crippen molar-refractivity contribution in [3.05, 3.63) is 23.3 Å². The van der Waals surface area contributed by atoms with Gasteiger partial charge >= 0.3 is 0 Å². The first-order valence-corrected chi connectivity index (χ1v) is 6.30. The zero-order chi connectivity index (χ0) is 13.0. The van der Waals surface area contributed by atoms with Gasteiger partial charge in [0.25, 0.3) is 0 Å². The van der Waals surface area contributed by atoms with Gasteiger partial charge in [0.1, 0.15) is 0 Å². The van der Waals surface area contributed by atoms with Gasteiger partial charge in [-0.2, -0.15) is 0 Å². The molecule has 0 fully saturated rings. The van der Waals surface area contributed by atoms with E-state index in [9.17, 15) is 9.90 Å². The Balaban J connectivity index is 2.61. The maximum absolute atomic E-state index is 12.5. The molecule has 94 valence electrons. The number of hydrogen-bond acceptors (Lipinski definition) is 2. The Labute approximate surface area is 103 Å². The molecule has 0 heterocycles. The van der Waals surface area contributed by atoms with Crippen LogP contribution in [0.5, 0.6) is 0 Å². The van der Waals surface area contributed by atoms with Crippen LogP contribution in [0.1, 0.15) is 41.0 Å². The third-order valence-corrected chi connectivity index (χ3v) is 4.89. The lowest BCUT2D eigenvalue weighted by molar-refractivity contribution is -0.139. The highest BCUT2D eigenvalue weighted by molar-refractivity contribution is 6.01. The number of fused-ring (bicyclic) bond motifs is 1. The van der Waals surface area contributed by atoms with Gasteiger partial charge in [0.15, 0.2) is 5.78 Å². The normalized spacial score (nSPS) is 40.5. The molecule has 2 nitrogen and oxygen atoms in total. The number of aliphatic hydroxyl groups is 1. The lowest BCUT2D eigenvalue weighted by Crippen LogP contribution is -2.55. The van der Waals surface area contributed by atoms with Gasteiger partial charge < -0.3 is 5.11 Å². The van der Waals surface area contributed by atoms with E-state index < -0.39 is 11.5 Å². The van der Waals surface area contributed by atoms with Gasteiger partial charge in [-0.15, -0.1) is 0 Å². The van der Waals surface area contributed by atoms with Gasteiger partial charge in [-0.05, 0) is 37.3 Å². The second kappa shape index (κ2) is 3.55. The third-order valence-electron chi connectivity index (χ3n) is 4.89. The van der Waals surface area contributed by atoms with Crippen molar-refractivity contribution in [1.29, 1.82) is 0 Å². The van der Waals surface area contributed by atoms with Crippen LogP contribution in [-0.4, -0.2) is 17.0 Å². The molecule has 2 aliphatic rings. The van der Waals surface area contributed by atoms with Crippen LogP contribution in [0.4, 0.5) is 0 Å². The molecular formula is C15H22O2. The van der Waals surface area contributed by atoms with Crippen LogP contribution < -0.4 is 0 Å². The van der Waals surface area contributed by atoms with Gasteiger partial charge in [-0.25, -0.2) is 0 Å². The van der Waals surface area contributed by atoms with Crippen LogP contribution in [-0.2, 0) is 4.79 Å². The summed E-state index contributed by atoms with van der Waals surface area (Å²) >= 11 is 0. The summed E-state index contributed by atoms with van der Waals surface area (Å²) in [6.07, 6.45) is 4.24. The largest absolute Gasteiger partial charge is 0.389 e. The summed E-state index contributed by atoms with van der Waals surface area (Å²) < 4.78 is 0. The molecule has 0 bridgehead atoms. The van der Waals surface area contributed by atoms with E-state index in [1.165, 1.54) is 5.57 Å². The molecule has 0 aromatic carbocycles. The summed E-state index contributed by atoms with van der Waals surface area (Å²) in [6, 6.07) is 0. The van der Waals surface area contributed by atoms with E-state index in [1.807, 2.05) is 13.8 Å². The molecule has 1 N–H and O–H groups in total. The van der Waals surface area contributed by atoms with Crippen LogP contribution in [0.15, 0.2) is 23.3 Å². The number of ketones is 1.